The monoisotopic (exact) mass is 206 g/mol. The number of amides is 1. The molecule has 0 heterocycles. The summed E-state index contributed by atoms with van der Waals surface area (Å²) in [6, 6.07) is 0. The summed E-state index contributed by atoms with van der Waals surface area (Å²) in [4.78, 5) is 10.9. The molecular weight excluding hydrogens is 188 g/mol. The van der Waals surface area contributed by atoms with E-state index >= 15 is 0 Å². The molecule has 3 heteroatoms. The van der Waals surface area contributed by atoms with Crippen LogP contribution < -0.4 is 5.43 Å². The van der Waals surface area contributed by atoms with Gasteiger partial charge in [-0.1, -0.05) is 0 Å². The highest BCUT2D eigenvalue weighted by molar-refractivity contribution is 5.91. The van der Waals surface area contributed by atoms with E-state index in [1.165, 1.54) is 44.7 Å². The molecule has 0 aliphatic heterocycles. The van der Waals surface area contributed by atoms with Gasteiger partial charge in [-0.2, -0.15) is 5.10 Å². The summed E-state index contributed by atoms with van der Waals surface area (Å²) in [5.41, 5.74) is 3.93. The van der Waals surface area contributed by atoms with Gasteiger partial charge < -0.3 is 0 Å². The van der Waals surface area contributed by atoms with Crippen molar-refractivity contribution in [2.24, 2.45) is 28.8 Å². The van der Waals surface area contributed by atoms with Gasteiger partial charge in [-0.3, -0.25) is 4.79 Å². The van der Waals surface area contributed by atoms with Crippen LogP contribution in [0.1, 0.15) is 39.0 Å². The molecule has 4 saturated carbocycles. The largest absolute Gasteiger partial charge is 0.274 e. The summed E-state index contributed by atoms with van der Waals surface area (Å²) in [6.07, 6.45) is 6.76. The maximum atomic E-state index is 10.9. The highest BCUT2D eigenvalue weighted by Crippen LogP contribution is 2.52. The predicted octanol–water partition coefficient (Wildman–Crippen LogP) is 1.93. The highest BCUT2D eigenvalue weighted by Gasteiger charge is 2.46. The summed E-state index contributed by atoms with van der Waals surface area (Å²) in [5.74, 6) is 3.25. The molecule has 0 aromatic heterocycles. The average molecular weight is 206 g/mol. The van der Waals surface area contributed by atoms with Gasteiger partial charge in [0.2, 0.25) is 5.91 Å². The maximum Gasteiger partial charge on any atom is 0.236 e. The van der Waals surface area contributed by atoms with E-state index in [4.69, 9.17) is 0 Å². The summed E-state index contributed by atoms with van der Waals surface area (Å²) < 4.78 is 0. The Morgan fingerprint density at radius 1 is 1.13 bits per heavy atom. The van der Waals surface area contributed by atoms with Gasteiger partial charge in [0.1, 0.15) is 0 Å². The summed E-state index contributed by atoms with van der Waals surface area (Å²) >= 11 is 0. The lowest BCUT2D eigenvalue weighted by Crippen LogP contribution is -2.46. The Balaban J connectivity index is 1.80. The number of hydrogen-bond acceptors (Lipinski definition) is 2. The first-order valence-corrected chi connectivity index (χ1v) is 6.06. The quantitative estimate of drug-likeness (QED) is 0.654. The molecule has 0 radical (unpaired) electrons. The first-order valence-electron chi connectivity index (χ1n) is 6.06. The molecule has 4 rings (SSSR count). The Morgan fingerprint density at radius 3 is 2.13 bits per heavy atom. The second kappa shape index (κ2) is 3.32. The van der Waals surface area contributed by atoms with E-state index in [1.807, 2.05) is 0 Å². The molecule has 0 atom stereocenters. The topological polar surface area (TPSA) is 41.5 Å². The summed E-state index contributed by atoms with van der Waals surface area (Å²) in [5, 5.41) is 4.34. The van der Waals surface area contributed by atoms with Gasteiger partial charge in [0.15, 0.2) is 0 Å². The third-order valence-corrected chi connectivity index (χ3v) is 4.32. The van der Waals surface area contributed by atoms with Crippen LogP contribution in [0.3, 0.4) is 0 Å². The molecule has 82 valence electrons. The first-order chi connectivity index (χ1) is 7.22. The Hall–Kier alpha value is -0.860. The minimum atomic E-state index is -0.0451. The van der Waals surface area contributed by atoms with Crippen LogP contribution in [0.15, 0.2) is 5.10 Å². The summed E-state index contributed by atoms with van der Waals surface area (Å²) in [6.45, 7) is 1.53. The van der Waals surface area contributed by atoms with Crippen LogP contribution >= 0.6 is 0 Å². The van der Waals surface area contributed by atoms with E-state index < -0.39 is 0 Å². The zero-order chi connectivity index (χ0) is 10.4. The number of hydrazone groups is 1. The van der Waals surface area contributed by atoms with Gasteiger partial charge in [-0.25, -0.2) is 5.43 Å². The van der Waals surface area contributed by atoms with Crippen molar-refractivity contribution in [3.63, 3.8) is 0 Å². The number of rotatable bonds is 1. The molecular formula is C12H18N2O. The second-order valence-electron chi connectivity index (χ2n) is 5.51. The second-order valence-corrected chi connectivity index (χ2v) is 5.51. The normalized spacial score (nSPS) is 41.8. The van der Waals surface area contributed by atoms with Crippen molar-refractivity contribution in [1.29, 1.82) is 0 Å². The lowest BCUT2D eigenvalue weighted by atomic mass is 9.55. The van der Waals surface area contributed by atoms with Gasteiger partial charge in [0.25, 0.3) is 0 Å². The van der Waals surface area contributed by atoms with E-state index in [2.05, 4.69) is 10.5 Å². The number of nitrogens with zero attached hydrogens (tertiary/aromatic N) is 1. The van der Waals surface area contributed by atoms with E-state index in [1.54, 1.807) is 0 Å². The molecule has 3 nitrogen and oxygen atoms in total. The minimum Gasteiger partial charge on any atom is -0.274 e. The van der Waals surface area contributed by atoms with Crippen LogP contribution in [-0.2, 0) is 4.79 Å². The van der Waals surface area contributed by atoms with Gasteiger partial charge in [-0.15, -0.1) is 0 Å². The number of carbonyl (C=O) groups excluding carboxylic acids is 1. The Kier molecular flexibility index (Phi) is 2.08. The fourth-order valence-electron chi connectivity index (χ4n) is 3.99. The molecule has 0 saturated heterocycles. The lowest BCUT2D eigenvalue weighted by molar-refractivity contribution is -0.118. The van der Waals surface area contributed by atoms with Crippen molar-refractivity contribution in [1.82, 2.24) is 5.43 Å². The molecule has 0 aromatic carbocycles. The summed E-state index contributed by atoms with van der Waals surface area (Å²) in [7, 11) is 0. The fourth-order valence-corrected chi connectivity index (χ4v) is 3.99. The molecule has 1 amide bonds. The molecule has 4 fully saturated rings. The smallest absolute Gasteiger partial charge is 0.236 e. The van der Waals surface area contributed by atoms with E-state index in [0.717, 1.165) is 11.8 Å². The van der Waals surface area contributed by atoms with E-state index in [-0.39, 0.29) is 5.91 Å². The molecule has 1 N–H and O–H groups in total. The van der Waals surface area contributed by atoms with E-state index in [9.17, 15) is 4.79 Å². The zero-order valence-corrected chi connectivity index (χ0v) is 9.20. The van der Waals surface area contributed by atoms with Gasteiger partial charge >= 0.3 is 0 Å². The van der Waals surface area contributed by atoms with E-state index in [0.29, 0.717) is 11.8 Å². The van der Waals surface area contributed by atoms with Crippen molar-refractivity contribution < 1.29 is 4.79 Å². The Labute approximate surface area is 90.3 Å². The van der Waals surface area contributed by atoms with Gasteiger partial charge in [0.05, 0.1) is 0 Å². The zero-order valence-electron chi connectivity index (χ0n) is 9.20. The molecule has 0 aromatic rings. The Bertz CT molecular complexity index is 292. The average Bonchev–Trinajstić information content (AvgIpc) is 2.14. The maximum absolute atomic E-state index is 10.9. The van der Waals surface area contributed by atoms with Crippen LogP contribution in [0.5, 0.6) is 0 Å². The van der Waals surface area contributed by atoms with Crippen LogP contribution in [0.4, 0.5) is 0 Å². The lowest BCUT2D eigenvalue weighted by Gasteiger charge is -2.50. The number of hydrogen-bond donors (Lipinski definition) is 1. The number of carbonyl (C=O) groups is 1. The van der Waals surface area contributed by atoms with Crippen molar-refractivity contribution in [2.75, 3.05) is 0 Å². The van der Waals surface area contributed by atoms with Crippen LogP contribution in [0.2, 0.25) is 0 Å². The van der Waals surface area contributed by atoms with Crippen molar-refractivity contribution in [3.8, 4) is 0 Å². The third kappa shape index (κ3) is 1.58. The van der Waals surface area contributed by atoms with Crippen molar-refractivity contribution >= 4 is 11.6 Å². The molecule has 0 spiro atoms. The SMILES string of the molecule is CC(=O)NN=C1C2CC3CC(C2)CC1C3. The standard InChI is InChI=1S/C12H18N2O/c1-7(15)13-14-12-10-3-8-2-9(5-10)6-11(12)4-8/h8-11H,2-6H2,1H3,(H,13,15). The van der Waals surface area contributed by atoms with Gasteiger partial charge in [0, 0.05) is 12.6 Å². The fraction of sp³-hybridized carbons (Fsp3) is 0.833. The molecule has 4 aliphatic carbocycles. The van der Waals surface area contributed by atoms with Crippen LogP contribution in [0, 0.1) is 23.7 Å². The van der Waals surface area contributed by atoms with Crippen LogP contribution in [0.25, 0.3) is 0 Å². The number of nitrogens with one attached hydrogen (secondary N) is 1. The van der Waals surface area contributed by atoms with Crippen molar-refractivity contribution in [2.45, 2.75) is 39.0 Å². The third-order valence-electron chi connectivity index (χ3n) is 4.32. The highest BCUT2D eigenvalue weighted by atomic mass is 16.2. The van der Waals surface area contributed by atoms with Crippen LogP contribution in [-0.4, -0.2) is 11.6 Å². The Morgan fingerprint density at radius 2 is 1.67 bits per heavy atom. The molecule has 0 unspecified atom stereocenters. The van der Waals surface area contributed by atoms with Crippen molar-refractivity contribution in [3.05, 3.63) is 0 Å². The molecule has 4 aliphatic rings. The van der Waals surface area contributed by atoms with Gasteiger partial charge in [-0.05, 0) is 55.8 Å². The molecule has 4 bridgehead atoms. The first kappa shape index (κ1) is 9.37. The molecule has 15 heavy (non-hydrogen) atoms. The minimum absolute atomic E-state index is 0.0451. The predicted molar refractivity (Wildman–Crippen MR) is 58.3 cm³/mol.